The van der Waals surface area contributed by atoms with Crippen molar-refractivity contribution in [2.75, 3.05) is 0 Å². The van der Waals surface area contributed by atoms with Crippen LogP contribution >= 0.6 is 27.3 Å². The zero-order valence-corrected chi connectivity index (χ0v) is 14.1. The molecular weight excluding hydrogens is 360 g/mol. The maximum atomic E-state index is 12.2. The summed E-state index contributed by atoms with van der Waals surface area (Å²) in [4.78, 5) is 17.2. The van der Waals surface area contributed by atoms with Crippen molar-refractivity contribution in [3.8, 4) is 27.8 Å². The van der Waals surface area contributed by atoms with E-state index < -0.39 is 0 Å². The van der Waals surface area contributed by atoms with Gasteiger partial charge in [0.1, 0.15) is 11.6 Å². The molecule has 0 atom stereocenters. The van der Waals surface area contributed by atoms with E-state index >= 15 is 0 Å². The number of H-pyrrole nitrogens is 1. The molecule has 0 amide bonds. The lowest BCUT2D eigenvalue weighted by Gasteiger charge is -2.07. The van der Waals surface area contributed by atoms with Crippen molar-refractivity contribution in [2.24, 2.45) is 0 Å². The van der Waals surface area contributed by atoms with Gasteiger partial charge in [-0.05, 0) is 42.8 Å². The van der Waals surface area contributed by atoms with Gasteiger partial charge in [0.15, 0.2) is 0 Å². The molecule has 0 fully saturated rings. The van der Waals surface area contributed by atoms with Gasteiger partial charge in [-0.1, -0.05) is 28.1 Å². The van der Waals surface area contributed by atoms with Crippen molar-refractivity contribution in [1.82, 2.24) is 4.98 Å². The Bertz CT molecular complexity index is 933. The SMILES string of the molecule is Cc1ccc(-c2cc(-c3ccc(Br)cc3)c(C#N)c(=O)[nH]2)s1. The minimum Gasteiger partial charge on any atom is -0.320 e. The summed E-state index contributed by atoms with van der Waals surface area (Å²) in [6.45, 7) is 2.02. The van der Waals surface area contributed by atoms with Crippen LogP contribution in [0.4, 0.5) is 0 Å². The number of aryl methyl sites for hydroxylation is 1. The summed E-state index contributed by atoms with van der Waals surface area (Å²) in [7, 11) is 0. The molecule has 1 aromatic carbocycles. The summed E-state index contributed by atoms with van der Waals surface area (Å²) < 4.78 is 0.953. The van der Waals surface area contributed by atoms with Crippen LogP contribution in [0.2, 0.25) is 0 Å². The van der Waals surface area contributed by atoms with Gasteiger partial charge in [0, 0.05) is 14.9 Å². The fraction of sp³-hybridized carbons (Fsp3) is 0.0588. The number of aromatic amines is 1. The molecule has 3 nitrogen and oxygen atoms in total. The lowest BCUT2D eigenvalue weighted by atomic mass is 10.0. The van der Waals surface area contributed by atoms with E-state index in [0.717, 1.165) is 20.6 Å². The van der Waals surface area contributed by atoms with Gasteiger partial charge in [-0.15, -0.1) is 11.3 Å². The molecule has 0 aliphatic heterocycles. The van der Waals surface area contributed by atoms with Gasteiger partial charge in [-0.2, -0.15) is 5.26 Å². The van der Waals surface area contributed by atoms with Gasteiger partial charge in [0.2, 0.25) is 0 Å². The zero-order chi connectivity index (χ0) is 15.7. The number of halogens is 1. The Morgan fingerprint density at radius 3 is 2.50 bits per heavy atom. The number of thiophene rings is 1. The van der Waals surface area contributed by atoms with Crippen LogP contribution in [-0.4, -0.2) is 4.98 Å². The quantitative estimate of drug-likeness (QED) is 0.709. The van der Waals surface area contributed by atoms with Gasteiger partial charge in [0.05, 0.1) is 10.6 Å². The molecule has 108 valence electrons. The normalized spacial score (nSPS) is 10.4. The van der Waals surface area contributed by atoms with Gasteiger partial charge in [0.25, 0.3) is 5.56 Å². The van der Waals surface area contributed by atoms with Crippen LogP contribution in [-0.2, 0) is 0 Å². The Kier molecular flexibility index (Phi) is 3.97. The maximum absolute atomic E-state index is 12.2. The van der Waals surface area contributed by atoms with Gasteiger partial charge >= 0.3 is 0 Å². The molecule has 2 heterocycles. The Balaban J connectivity index is 2.24. The molecule has 5 heteroatoms. The summed E-state index contributed by atoms with van der Waals surface area (Å²) >= 11 is 5.00. The van der Waals surface area contributed by atoms with Crippen LogP contribution in [0.15, 0.2) is 51.7 Å². The second kappa shape index (κ2) is 5.91. The number of pyridine rings is 1. The highest BCUT2D eigenvalue weighted by Crippen LogP contribution is 2.30. The molecule has 0 spiro atoms. The Hall–Kier alpha value is -2.16. The van der Waals surface area contributed by atoms with Crippen molar-refractivity contribution in [3.63, 3.8) is 0 Å². The first-order chi connectivity index (χ1) is 10.6. The largest absolute Gasteiger partial charge is 0.320 e. The lowest BCUT2D eigenvalue weighted by molar-refractivity contribution is 1.22. The summed E-state index contributed by atoms with van der Waals surface area (Å²) in [5.41, 5.74) is 2.02. The lowest BCUT2D eigenvalue weighted by Crippen LogP contribution is -2.12. The van der Waals surface area contributed by atoms with E-state index in [2.05, 4.69) is 20.9 Å². The zero-order valence-electron chi connectivity index (χ0n) is 11.7. The highest BCUT2D eigenvalue weighted by molar-refractivity contribution is 9.10. The molecule has 3 rings (SSSR count). The van der Waals surface area contributed by atoms with E-state index in [1.54, 1.807) is 11.3 Å². The smallest absolute Gasteiger partial charge is 0.266 e. The van der Waals surface area contributed by atoms with Crippen molar-refractivity contribution in [1.29, 1.82) is 5.26 Å². The van der Waals surface area contributed by atoms with Crippen molar-refractivity contribution >= 4 is 27.3 Å². The summed E-state index contributed by atoms with van der Waals surface area (Å²) in [6, 6.07) is 15.4. The molecule has 1 N–H and O–H groups in total. The molecule has 0 aliphatic rings. The first kappa shape index (κ1) is 14.8. The molecule has 0 unspecified atom stereocenters. The molecular formula is C17H11BrN2OS. The average molecular weight is 371 g/mol. The van der Waals surface area contributed by atoms with Crippen LogP contribution in [0.25, 0.3) is 21.7 Å². The summed E-state index contributed by atoms with van der Waals surface area (Å²) in [5.74, 6) is 0. The molecule has 0 saturated heterocycles. The van der Waals surface area contributed by atoms with Crippen LogP contribution in [0, 0.1) is 18.3 Å². The second-order valence-corrected chi connectivity index (χ2v) is 7.03. The Morgan fingerprint density at radius 2 is 1.91 bits per heavy atom. The van der Waals surface area contributed by atoms with E-state index in [4.69, 9.17) is 0 Å². The second-order valence-electron chi connectivity index (χ2n) is 4.83. The minimum absolute atomic E-state index is 0.138. The highest BCUT2D eigenvalue weighted by Gasteiger charge is 2.13. The number of rotatable bonds is 2. The molecule has 0 radical (unpaired) electrons. The molecule has 2 aromatic heterocycles. The van der Waals surface area contributed by atoms with Gasteiger partial charge < -0.3 is 4.98 Å². The first-order valence-corrected chi connectivity index (χ1v) is 8.19. The fourth-order valence-electron chi connectivity index (χ4n) is 2.24. The number of nitriles is 1. The predicted octanol–water partition coefficient (Wildman–Crippen LogP) is 4.71. The van der Waals surface area contributed by atoms with Crippen LogP contribution in [0.5, 0.6) is 0 Å². The third-order valence-corrected chi connectivity index (χ3v) is 4.87. The van der Waals surface area contributed by atoms with Crippen LogP contribution in [0.1, 0.15) is 10.4 Å². The highest BCUT2D eigenvalue weighted by atomic mass is 79.9. The molecule has 0 bridgehead atoms. The number of benzene rings is 1. The molecule has 0 aliphatic carbocycles. The molecule has 22 heavy (non-hydrogen) atoms. The van der Waals surface area contributed by atoms with E-state index in [-0.39, 0.29) is 11.1 Å². The van der Waals surface area contributed by atoms with Crippen molar-refractivity contribution in [3.05, 3.63) is 67.7 Å². The summed E-state index contributed by atoms with van der Waals surface area (Å²) in [5, 5.41) is 9.30. The van der Waals surface area contributed by atoms with E-state index in [0.29, 0.717) is 5.56 Å². The number of nitrogens with one attached hydrogen (secondary N) is 1. The van der Waals surface area contributed by atoms with E-state index in [9.17, 15) is 10.1 Å². The van der Waals surface area contributed by atoms with Gasteiger partial charge in [-0.3, -0.25) is 4.79 Å². The molecule has 3 aromatic rings. The topological polar surface area (TPSA) is 56.6 Å². The number of nitrogens with zero attached hydrogens (tertiary/aromatic N) is 1. The number of aromatic nitrogens is 1. The Labute approximate surface area is 140 Å². The number of hydrogen-bond acceptors (Lipinski definition) is 3. The predicted molar refractivity (Wildman–Crippen MR) is 93.0 cm³/mol. The maximum Gasteiger partial charge on any atom is 0.266 e. The third-order valence-electron chi connectivity index (χ3n) is 3.31. The third kappa shape index (κ3) is 2.76. The minimum atomic E-state index is -0.357. The van der Waals surface area contributed by atoms with Crippen LogP contribution in [0.3, 0.4) is 0 Å². The molecule has 0 saturated carbocycles. The van der Waals surface area contributed by atoms with Crippen LogP contribution < -0.4 is 5.56 Å². The van der Waals surface area contributed by atoms with E-state index in [1.807, 2.05) is 55.5 Å². The number of hydrogen-bond donors (Lipinski definition) is 1. The Morgan fingerprint density at radius 1 is 1.18 bits per heavy atom. The van der Waals surface area contributed by atoms with Crippen molar-refractivity contribution < 1.29 is 0 Å². The summed E-state index contributed by atoms with van der Waals surface area (Å²) in [6.07, 6.45) is 0. The fourth-order valence-corrected chi connectivity index (χ4v) is 3.34. The van der Waals surface area contributed by atoms with Crippen molar-refractivity contribution in [2.45, 2.75) is 6.92 Å². The van der Waals surface area contributed by atoms with Gasteiger partial charge in [-0.25, -0.2) is 0 Å². The monoisotopic (exact) mass is 370 g/mol. The average Bonchev–Trinajstić information content (AvgIpc) is 2.94. The first-order valence-electron chi connectivity index (χ1n) is 6.58. The van der Waals surface area contributed by atoms with E-state index in [1.165, 1.54) is 4.88 Å². The standard InChI is InChI=1S/C17H11BrN2OS/c1-10-2-7-16(22-10)15-8-13(14(9-19)17(21)20-15)11-3-5-12(18)6-4-11/h2-8H,1H3,(H,20,21).